The summed E-state index contributed by atoms with van der Waals surface area (Å²) in [6.45, 7) is 5.51. The molecule has 1 amide bonds. The molecule has 28 heavy (non-hydrogen) atoms. The highest BCUT2D eigenvalue weighted by atomic mass is 19.1. The summed E-state index contributed by atoms with van der Waals surface area (Å²) < 4.78 is 18.2. The van der Waals surface area contributed by atoms with Gasteiger partial charge in [-0.05, 0) is 54.9 Å². The van der Waals surface area contributed by atoms with Crippen LogP contribution in [-0.4, -0.2) is 57.2 Å². The minimum atomic E-state index is -0.198. The molecule has 0 bridgehead atoms. The number of benzene rings is 2. The van der Waals surface area contributed by atoms with Crippen LogP contribution in [0.25, 0.3) is 0 Å². The number of hydrogen-bond acceptors (Lipinski definition) is 4. The molecule has 2 aromatic rings. The molecule has 3 rings (SSSR count). The van der Waals surface area contributed by atoms with E-state index in [1.165, 1.54) is 12.1 Å². The number of carbonyl (C=O) groups excluding carboxylic acids is 1. The second-order valence-corrected chi connectivity index (χ2v) is 7.03. The van der Waals surface area contributed by atoms with E-state index in [1.54, 1.807) is 7.11 Å². The third kappa shape index (κ3) is 5.96. The zero-order valence-corrected chi connectivity index (χ0v) is 16.4. The van der Waals surface area contributed by atoms with Crippen LogP contribution in [0.4, 0.5) is 10.1 Å². The summed E-state index contributed by atoms with van der Waals surface area (Å²) in [5, 5.41) is 3.00. The summed E-state index contributed by atoms with van der Waals surface area (Å²) in [4.78, 5) is 16.7. The minimum absolute atomic E-state index is 0.0475. The van der Waals surface area contributed by atoms with Crippen LogP contribution in [0.2, 0.25) is 0 Å². The number of amides is 1. The Morgan fingerprint density at radius 3 is 2.36 bits per heavy atom. The maximum absolute atomic E-state index is 13.0. The molecule has 1 aliphatic heterocycles. The predicted octanol–water partition coefficient (Wildman–Crippen LogP) is 2.71. The lowest BCUT2D eigenvalue weighted by molar-refractivity contribution is -0.120. The molecule has 0 spiro atoms. The summed E-state index contributed by atoms with van der Waals surface area (Å²) in [6, 6.07) is 14.3. The third-order valence-electron chi connectivity index (χ3n) is 5.06. The first kappa shape index (κ1) is 20.1. The van der Waals surface area contributed by atoms with E-state index >= 15 is 0 Å². The van der Waals surface area contributed by atoms with Crippen LogP contribution in [-0.2, 0) is 11.2 Å². The van der Waals surface area contributed by atoms with E-state index in [-0.39, 0.29) is 11.7 Å². The van der Waals surface area contributed by atoms with Gasteiger partial charge in [0, 0.05) is 38.4 Å². The van der Waals surface area contributed by atoms with Gasteiger partial charge in [0.05, 0.1) is 13.5 Å². The lowest BCUT2D eigenvalue weighted by Gasteiger charge is -2.36. The lowest BCUT2D eigenvalue weighted by atomic mass is 10.1. The minimum Gasteiger partial charge on any atom is -0.497 e. The Balaban J connectivity index is 1.30. The van der Waals surface area contributed by atoms with Crippen molar-refractivity contribution in [3.05, 3.63) is 59.9 Å². The molecule has 1 saturated heterocycles. The lowest BCUT2D eigenvalue weighted by Crippen LogP contribution is -2.47. The number of methoxy groups -OCH3 is 1. The van der Waals surface area contributed by atoms with Crippen molar-refractivity contribution in [1.29, 1.82) is 0 Å². The van der Waals surface area contributed by atoms with Crippen molar-refractivity contribution in [2.45, 2.75) is 12.8 Å². The molecule has 150 valence electrons. The van der Waals surface area contributed by atoms with Gasteiger partial charge in [-0.15, -0.1) is 0 Å². The number of rotatable bonds is 8. The monoisotopic (exact) mass is 385 g/mol. The second kappa shape index (κ2) is 10.1. The van der Waals surface area contributed by atoms with Crippen molar-refractivity contribution in [1.82, 2.24) is 10.2 Å². The highest BCUT2D eigenvalue weighted by Crippen LogP contribution is 2.17. The molecule has 0 aromatic heterocycles. The van der Waals surface area contributed by atoms with Gasteiger partial charge in [-0.3, -0.25) is 9.69 Å². The Morgan fingerprint density at radius 2 is 1.71 bits per heavy atom. The quantitative estimate of drug-likeness (QED) is 0.710. The zero-order chi connectivity index (χ0) is 19.8. The van der Waals surface area contributed by atoms with Crippen LogP contribution in [0, 0.1) is 5.82 Å². The van der Waals surface area contributed by atoms with Gasteiger partial charge in [-0.2, -0.15) is 0 Å². The zero-order valence-electron chi connectivity index (χ0n) is 16.4. The Labute approximate surface area is 166 Å². The molecule has 1 heterocycles. The fourth-order valence-electron chi connectivity index (χ4n) is 3.40. The third-order valence-corrected chi connectivity index (χ3v) is 5.06. The summed E-state index contributed by atoms with van der Waals surface area (Å²) >= 11 is 0. The van der Waals surface area contributed by atoms with E-state index in [4.69, 9.17) is 4.74 Å². The highest BCUT2D eigenvalue weighted by Gasteiger charge is 2.16. The van der Waals surface area contributed by atoms with E-state index < -0.39 is 0 Å². The normalized spacial score (nSPS) is 14.7. The van der Waals surface area contributed by atoms with Crippen molar-refractivity contribution in [3.8, 4) is 5.75 Å². The highest BCUT2D eigenvalue weighted by molar-refractivity contribution is 5.78. The number of halogens is 1. The van der Waals surface area contributed by atoms with Gasteiger partial charge in [0.1, 0.15) is 11.6 Å². The average Bonchev–Trinajstić information content (AvgIpc) is 2.73. The van der Waals surface area contributed by atoms with Crippen molar-refractivity contribution >= 4 is 11.6 Å². The second-order valence-electron chi connectivity index (χ2n) is 7.03. The molecule has 1 N–H and O–H groups in total. The maximum atomic E-state index is 13.0. The molecule has 0 aliphatic carbocycles. The fraction of sp³-hybridized carbons (Fsp3) is 0.409. The number of piperazine rings is 1. The van der Waals surface area contributed by atoms with Gasteiger partial charge in [0.25, 0.3) is 0 Å². The van der Waals surface area contributed by atoms with E-state index in [9.17, 15) is 9.18 Å². The van der Waals surface area contributed by atoms with Gasteiger partial charge in [-0.25, -0.2) is 4.39 Å². The van der Waals surface area contributed by atoms with Crippen molar-refractivity contribution < 1.29 is 13.9 Å². The number of nitrogens with zero attached hydrogens (tertiary/aromatic N) is 2. The Hall–Kier alpha value is -2.60. The van der Waals surface area contributed by atoms with E-state index in [0.29, 0.717) is 13.0 Å². The molecule has 0 atom stereocenters. The Morgan fingerprint density at radius 1 is 1.04 bits per heavy atom. The van der Waals surface area contributed by atoms with Crippen LogP contribution >= 0.6 is 0 Å². The Kier molecular flexibility index (Phi) is 7.25. The standard InChI is InChI=1S/C22H28FN3O2/c1-28-21-9-3-18(4-10-21)17-22(27)24-11-2-12-25-13-15-26(16-14-25)20-7-5-19(23)6-8-20/h3-10H,2,11-17H2,1H3,(H,24,27). The first-order chi connectivity index (χ1) is 13.6. The topological polar surface area (TPSA) is 44.8 Å². The number of carbonyl (C=O) groups is 1. The summed E-state index contributed by atoms with van der Waals surface area (Å²) in [7, 11) is 1.63. The summed E-state index contributed by atoms with van der Waals surface area (Å²) in [5.74, 6) is 0.645. The number of hydrogen-bond donors (Lipinski definition) is 1. The van der Waals surface area contributed by atoms with Crippen LogP contribution in [0.1, 0.15) is 12.0 Å². The van der Waals surface area contributed by atoms with Gasteiger partial charge >= 0.3 is 0 Å². The number of anilines is 1. The van der Waals surface area contributed by atoms with Crippen LogP contribution in [0.5, 0.6) is 5.75 Å². The molecular formula is C22H28FN3O2. The van der Waals surface area contributed by atoms with Crippen molar-refractivity contribution in [2.75, 3.05) is 51.3 Å². The van der Waals surface area contributed by atoms with Crippen molar-refractivity contribution in [3.63, 3.8) is 0 Å². The van der Waals surface area contributed by atoms with Gasteiger partial charge in [0.15, 0.2) is 0 Å². The number of nitrogens with one attached hydrogen (secondary N) is 1. The molecule has 0 radical (unpaired) electrons. The van der Waals surface area contributed by atoms with Crippen LogP contribution in [0.3, 0.4) is 0 Å². The SMILES string of the molecule is COc1ccc(CC(=O)NCCCN2CCN(c3ccc(F)cc3)CC2)cc1. The average molecular weight is 385 g/mol. The Bertz CT molecular complexity index is 741. The number of ether oxygens (including phenoxy) is 1. The van der Waals surface area contributed by atoms with Crippen LogP contribution in [0.15, 0.2) is 48.5 Å². The molecule has 0 unspecified atom stereocenters. The molecule has 6 heteroatoms. The van der Waals surface area contributed by atoms with E-state index in [2.05, 4.69) is 15.1 Å². The largest absolute Gasteiger partial charge is 0.497 e. The first-order valence-electron chi connectivity index (χ1n) is 9.76. The molecule has 5 nitrogen and oxygen atoms in total. The predicted molar refractivity (Wildman–Crippen MR) is 109 cm³/mol. The van der Waals surface area contributed by atoms with Gasteiger partial charge in [-0.1, -0.05) is 12.1 Å². The van der Waals surface area contributed by atoms with Crippen LogP contribution < -0.4 is 15.0 Å². The molecule has 0 saturated carbocycles. The summed E-state index contributed by atoms with van der Waals surface area (Å²) in [5.41, 5.74) is 2.06. The first-order valence-corrected chi connectivity index (χ1v) is 9.76. The van der Waals surface area contributed by atoms with Gasteiger partial charge in [0.2, 0.25) is 5.91 Å². The van der Waals surface area contributed by atoms with E-state index in [1.807, 2.05) is 36.4 Å². The molecule has 1 aliphatic rings. The van der Waals surface area contributed by atoms with Crippen molar-refractivity contribution in [2.24, 2.45) is 0 Å². The summed E-state index contributed by atoms with van der Waals surface area (Å²) in [6.07, 6.45) is 1.32. The maximum Gasteiger partial charge on any atom is 0.224 e. The van der Waals surface area contributed by atoms with E-state index in [0.717, 1.165) is 56.1 Å². The molecule has 1 fully saturated rings. The molecular weight excluding hydrogens is 357 g/mol. The fourth-order valence-corrected chi connectivity index (χ4v) is 3.40. The van der Waals surface area contributed by atoms with Gasteiger partial charge < -0.3 is 15.0 Å². The molecule has 2 aromatic carbocycles. The smallest absolute Gasteiger partial charge is 0.224 e.